The van der Waals surface area contributed by atoms with E-state index in [0.29, 0.717) is 48.8 Å². The molecule has 40 heavy (non-hydrogen) atoms. The molecule has 9 nitrogen and oxygen atoms in total. The van der Waals surface area contributed by atoms with Gasteiger partial charge in [-0.25, -0.2) is 0 Å². The van der Waals surface area contributed by atoms with E-state index in [4.69, 9.17) is 9.26 Å². The summed E-state index contributed by atoms with van der Waals surface area (Å²) in [5.41, 5.74) is 3.12. The molecule has 0 spiro atoms. The number of aliphatic hydroxyl groups is 1. The SMILES string of the molecule is O=C1C(=O)N(c2ccc(-c3ccon3)cc2)C(C2CCCCC2)/C1=C(/O)c1ccc(C(=O)N2CCOCC2)cc1. The lowest BCUT2D eigenvalue weighted by Gasteiger charge is -2.34. The number of amides is 2. The van der Waals surface area contributed by atoms with Gasteiger partial charge >= 0.3 is 0 Å². The summed E-state index contributed by atoms with van der Waals surface area (Å²) in [6.45, 7) is 2.08. The molecule has 2 amide bonds. The molecular formula is C31H31N3O6. The van der Waals surface area contributed by atoms with Crippen LogP contribution in [0.25, 0.3) is 17.0 Å². The van der Waals surface area contributed by atoms with E-state index in [1.165, 1.54) is 6.26 Å². The van der Waals surface area contributed by atoms with Crippen LogP contribution in [0.4, 0.5) is 5.69 Å². The van der Waals surface area contributed by atoms with E-state index in [0.717, 1.165) is 37.7 Å². The van der Waals surface area contributed by atoms with Crippen LogP contribution in [0, 0.1) is 5.92 Å². The Morgan fingerprint density at radius 2 is 1.55 bits per heavy atom. The van der Waals surface area contributed by atoms with E-state index in [1.807, 2.05) is 12.1 Å². The molecule has 1 aromatic heterocycles. The van der Waals surface area contributed by atoms with E-state index >= 15 is 0 Å². The molecule has 1 unspecified atom stereocenters. The third kappa shape index (κ3) is 4.81. The molecule has 3 heterocycles. The molecule has 1 atom stereocenters. The lowest BCUT2D eigenvalue weighted by Crippen LogP contribution is -2.40. The standard InChI is InChI=1S/C31H31N3O6/c35-28(22-6-8-23(9-7-22)30(37)33-15-18-39-19-16-33)26-27(21-4-2-1-3-5-21)34(31(38)29(26)36)24-12-10-20(11-13-24)25-14-17-40-32-25/h6-14,17,21,27,35H,1-5,15-16,18-19H2/b28-26-. The quantitative estimate of drug-likeness (QED) is 0.284. The number of benzene rings is 2. The molecule has 3 fully saturated rings. The third-order valence-corrected chi connectivity index (χ3v) is 8.17. The Morgan fingerprint density at radius 1 is 0.875 bits per heavy atom. The van der Waals surface area contributed by atoms with Crippen LogP contribution in [0.5, 0.6) is 0 Å². The summed E-state index contributed by atoms with van der Waals surface area (Å²) in [4.78, 5) is 43.1. The van der Waals surface area contributed by atoms with Gasteiger partial charge in [-0.3, -0.25) is 19.3 Å². The lowest BCUT2D eigenvalue weighted by atomic mass is 9.80. The maximum atomic E-state index is 13.5. The number of Topliss-reactive ketones (excluding diaryl/α,β-unsaturated/α-hetero) is 1. The van der Waals surface area contributed by atoms with Gasteiger partial charge in [0, 0.05) is 41.5 Å². The third-order valence-electron chi connectivity index (χ3n) is 8.17. The number of rotatable bonds is 5. The number of carbonyl (C=O) groups excluding carboxylic acids is 3. The van der Waals surface area contributed by atoms with Gasteiger partial charge in [0.2, 0.25) is 0 Å². The van der Waals surface area contributed by atoms with Crippen LogP contribution >= 0.6 is 0 Å². The number of carbonyl (C=O) groups is 3. The summed E-state index contributed by atoms with van der Waals surface area (Å²) in [5, 5.41) is 15.4. The van der Waals surface area contributed by atoms with Crippen LogP contribution < -0.4 is 4.90 Å². The molecule has 2 saturated heterocycles. The highest BCUT2D eigenvalue weighted by Crippen LogP contribution is 2.41. The van der Waals surface area contributed by atoms with Crippen molar-refractivity contribution >= 4 is 29.0 Å². The molecule has 1 N–H and O–H groups in total. The van der Waals surface area contributed by atoms with Crippen molar-refractivity contribution in [2.24, 2.45) is 5.92 Å². The first-order valence-electron chi connectivity index (χ1n) is 13.8. The smallest absolute Gasteiger partial charge is 0.299 e. The van der Waals surface area contributed by atoms with E-state index in [9.17, 15) is 19.5 Å². The molecule has 0 bridgehead atoms. The number of anilines is 1. The van der Waals surface area contributed by atoms with Crippen LogP contribution in [-0.4, -0.2) is 65.1 Å². The van der Waals surface area contributed by atoms with Gasteiger partial charge in [-0.2, -0.15) is 0 Å². The monoisotopic (exact) mass is 541 g/mol. The molecule has 1 saturated carbocycles. The van der Waals surface area contributed by atoms with E-state index in [-0.39, 0.29) is 23.2 Å². The number of ketones is 1. The molecule has 3 aliphatic rings. The van der Waals surface area contributed by atoms with E-state index in [1.54, 1.807) is 52.3 Å². The van der Waals surface area contributed by atoms with Crippen molar-refractivity contribution in [1.29, 1.82) is 0 Å². The second-order valence-electron chi connectivity index (χ2n) is 10.5. The summed E-state index contributed by atoms with van der Waals surface area (Å²) in [6.07, 6.45) is 6.35. The maximum absolute atomic E-state index is 13.5. The average molecular weight is 542 g/mol. The van der Waals surface area contributed by atoms with Gasteiger partial charge in [0.05, 0.1) is 24.8 Å². The van der Waals surface area contributed by atoms with Gasteiger partial charge in [-0.1, -0.05) is 48.7 Å². The molecular weight excluding hydrogens is 510 g/mol. The number of hydrogen-bond acceptors (Lipinski definition) is 7. The molecule has 0 radical (unpaired) electrons. The number of ether oxygens (including phenoxy) is 1. The number of morpholine rings is 1. The second-order valence-corrected chi connectivity index (χ2v) is 10.5. The number of nitrogens with zero attached hydrogens (tertiary/aromatic N) is 3. The first-order valence-corrected chi connectivity index (χ1v) is 13.8. The first kappa shape index (κ1) is 26.0. The van der Waals surface area contributed by atoms with Crippen molar-refractivity contribution in [2.45, 2.75) is 38.1 Å². The zero-order chi connectivity index (χ0) is 27.6. The second kappa shape index (κ2) is 11.1. The van der Waals surface area contributed by atoms with Crippen molar-refractivity contribution in [3.63, 3.8) is 0 Å². The van der Waals surface area contributed by atoms with Gasteiger partial charge in [0.1, 0.15) is 17.7 Å². The minimum absolute atomic E-state index is 0.0405. The summed E-state index contributed by atoms with van der Waals surface area (Å²) >= 11 is 0. The zero-order valence-corrected chi connectivity index (χ0v) is 22.1. The molecule has 2 aromatic carbocycles. The fourth-order valence-corrected chi connectivity index (χ4v) is 6.07. The minimum atomic E-state index is -0.692. The molecule has 1 aliphatic carbocycles. The molecule has 206 valence electrons. The van der Waals surface area contributed by atoms with Crippen molar-refractivity contribution in [2.75, 3.05) is 31.2 Å². The van der Waals surface area contributed by atoms with Gasteiger partial charge in [0.15, 0.2) is 0 Å². The highest BCUT2D eigenvalue weighted by atomic mass is 16.5. The van der Waals surface area contributed by atoms with Crippen molar-refractivity contribution < 1.29 is 28.8 Å². The minimum Gasteiger partial charge on any atom is -0.507 e. The Morgan fingerprint density at radius 3 is 2.20 bits per heavy atom. The van der Waals surface area contributed by atoms with Gasteiger partial charge < -0.3 is 19.3 Å². The van der Waals surface area contributed by atoms with Crippen LogP contribution in [0.2, 0.25) is 0 Å². The normalized spacial score (nSPS) is 21.6. The molecule has 2 aliphatic heterocycles. The Labute approximate surface area is 232 Å². The molecule has 6 rings (SSSR count). The van der Waals surface area contributed by atoms with Gasteiger partial charge in [0.25, 0.3) is 17.6 Å². The Balaban J connectivity index is 1.34. The van der Waals surface area contributed by atoms with Crippen LogP contribution in [0.3, 0.4) is 0 Å². The number of aromatic nitrogens is 1. The number of aliphatic hydroxyl groups excluding tert-OH is 1. The Kier molecular flexibility index (Phi) is 7.21. The fraction of sp³-hybridized carbons (Fsp3) is 0.355. The summed E-state index contributed by atoms with van der Waals surface area (Å²) < 4.78 is 10.3. The van der Waals surface area contributed by atoms with Crippen LogP contribution in [0.15, 0.2) is 71.0 Å². The lowest BCUT2D eigenvalue weighted by molar-refractivity contribution is -0.132. The van der Waals surface area contributed by atoms with Crippen LogP contribution in [0.1, 0.15) is 48.0 Å². The summed E-state index contributed by atoms with van der Waals surface area (Å²) in [6, 6.07) is 15.1. The number of hydrogen-bond donors (Lipinski definition) is 1. The van der Waals surface area contributed by atoms with Crippen molar-refractivity contribution in [3.8, 4) is 11.3 Å². The predicted octanol–water partition coefficient (Wildman–Crippen LogP) is 4.65. The van der Waals surface area contributed by atoms with Gasteiger partial charge in [-0.05, 0) is 43.0 Å². The average Bonchev–Trinajstić information content (AvgIpc) is 3.64. The van der Waals surface area contributed by atoms with Crippen molar-refractivity contribution in [3.05, 3.63) is 77.6 Å². The Bertz CT molecular complexity index is 1420. The highest BCUT2D eigenvalue weighted by molar-refractivity contribution is 6.51. The zero-order valence-electron chi connectivity index (χ0n) is 22.1. The van der Waals surface area contributed by atoms with Gasteiger partial charge in [-0.15, -0.1) is 0 Å². The summed E-state index contributed by atoms with van der Waals surface area (Å²) in [5.74, 6) is -1.61. The topological polar surface area (TPSA) is 113 Å². The van der Waals surface area contributed by atoms with E-state index < -0.39 is 17.7 Å². The highest BCUT2D eigenvalue weighted by Gasteiger charge is 2.49. The fourth-order valence-electron chi connectivity index (χ4n) is 6.07. The summed E-state index contributed by atoms with van der Waals surface area (Å²) in [7, 11) is 0. The van der Waals surface area contributed by atoms with E-state index in [2.05, 4.69) is 5.16 Å². The van der Waals surface area contributed by atoms with Crippen LogP contribution in [-0.2, 0) is 14.3 Å². The maximum Gasteiger partial charge on any atom is 0.299 e. The largest absolute Gasteiger partial charge is 0.507 e. The Hall–Kier alpha value is -4.24. The molecule has 3 aromatic rings. The molecule has 9 heteroatoms. The van der Waals surface area contributed by atoms with Crippen molar-refractivity contribution in [1.82, 2.24) is 10.1 Å². The first-order chi connectivity index (χ1) is 19.5. The predicted molar refractivity (Wildman–Crippen MR) is 148 cm³/mol.